The van der Waals surface area contributed by atoms with Crippen LogP contribution in [-0.4, -0.2) is 44.0 Å². The summed E-state index contributed by atoms with van der Waals surface area (Å²) in [6, 6.07) is 4.89. The van der Waals surface area contributed by atoms with E-state index in [-0.39, 0.29) is 18.7 Å². The molecule has 1 amide bonds. The summed E-state index contributed by atoms with van der Waals surface area (Å²) in [7, 11) is 3.88. The van der Waals surface area contributed by atoms with Gasteiger partial charge in [-0.15, -0.1) is 0 Å². The van der Waals surface area contributed by atoms with Crippen LogP contribution in [0.25, 0.3) is 0 Å². The molecule has 1 aromatic rings. The van der Waals surface area contributed by atoms with Crippen LogP contribution < -0.4 is 10.1 Å². The molecule has 0 aromatic heterocycles. The van der Waals surface area contributed by atoms with Gasteiger partial charge in [0, 0.05) is 31.0 Å². The topological polar surface area (TPSA) is 41.6 Å². The van der Waals surface area contributed by atoms with Crippen molar-refractivity contribution in [2.24, 2.45) is 5.92 Å². The Morgan fingerprint density at radius 1 is 1.48 bits per heavy atom. The maximum Gasteiger partial charge on any atom is 0.248 e. The van der Waals surface area contributed by atoms with Gasteiger partial charge in [0.05, 0.1) is 5.02 Å². The molecule has 0 heterocycles. The van der Waals surface area contributed by atoms with Crippen molar-refractivity contribution in [3.8, 4) is 5.75 Å². The van der Waals surface area contributed by atoms with Crippen molar-refractivity contribution in [1.82, 2.24) is 4.90 Å². The van der Waals surface area contributed by atoms with Gasteiger partial charge in [-0.25, -0.2) is 8.78 Å². The zero-order valence-electron chi connectivity index (χ0n) is 13.2. The number of carbonyl (C=O) groups is 1. The molecular formula is C16H21ClF2N2O2. The SMILES string of the molecule is CN(C)CCOc1ccc(NC(=O)[C@H]2CCC(F)(F)C2)cc1Cl. The molecule has 1 N–H and O–H groups in total. The molecule has 23 heavy (non-hydrogen) atoms. The molecule has 0 unspecified atom stereocenters. The van der Waals surface area contributed by atoms with Crippen LogP contribution in [-0.2, 0) is 4.79 Å². The van der Waals surface area contributed by atoms with Crippen LogP contribution in [0.15, 0.2) is 18.2 Å². The molecule has 0 bridgehead atoms. The van der Waals surface area contributed by atoms with Crippen LogP contribution in [0.2, 0.25) is 5.02 Å². The Morgan fingerprint density at radius 3 is 2.78 bits per heavy atom. The normalized spacial score (nSPS) is 19.8. The number of likely N-dealkylation sites (N-methyl/N-ethyl adjacent to an activating group) is 1. The first-order valence-corrected chi connectivity index (χ1v) is 7.90. The minimum absolute atomic E-state index is 0.207. The van der Waals surface area contributed by atoms with E-state index in [1.807, 2.05) is 19.0 Å². The highest BCUT2D eigenvalue weighted by Crippen LogP contribution is 2.39. The number of alkyl halides is 2. The molecule has 1 atom stereocenters. The lowest BCUT2D eigenvalue weighted by Gasteiger charge is -2.14. The van der Waals surface area contributed by atoms with E-state index in [1.54, 1.807) is 18.2 Å². The quantitative estimate of drug-likeness (QED) is 0.854. The van der Waals surface area contributed by atoms with Crippen molar-refractivity contribution >= 4 is 23.2 Å². The lowest BCUT2D eigenvalue weighted by Crippen LogP contribution is -2.22. The van der Waals surface area contributed by atoms with Gasteiger partial charge in [0.15, 0.2) is 0 Å². The van der Waals surface area contributed by atoms with E-state index in [0.29, 0.717) is 23.1 Å². The summed E-state index contributed by atoms with van der Waals surface area (Å²) in [6.45, 7) is 1.25. The third kappa shape index (κ3) is 5.32. The van der Waals surface area contributed by atoms with Crippen LogP contribution in [0.1, 0.15) is 19.3 Å². The summed E-state index contributed by atoms with van der Waals surface area (Å²) in [5.74, 6) is -3.25. The number of nitrogens with one attached hydrogen (secondary N) is 1. The second-order valence-electron chi connectivity index (χ2n) is 6.08. The average Bonchev–Trinajstić information content (AvgIpc) is 2.81. The molecule has 1 aliphatic carbocycles. The Hall–Kier alpha value is -1.40. The number of rotatable bonds is 6. The summed E-state index contributed by atoms with van der Waals surface area (Å²) < 4.78 is 31.9. The zero-order valence-corrected chi connectivity index (χ0v) is 14.0. The summed E-state index contributed by atoms with van der Waals surface area (Å²) in [6.07, 6.45) is -0.416. The van der Waals surface area contributed by atoms with Gasteiger partial charge in [-0.1, -0.05) is 11.6 Å². The van der Waals surface area contributed by atoms with Gasteiger partial charge in [-0.05, 0) is 38.7 Å². The highest BCUT2D eigenvalue weighted by Gasteiger charge is 2.42. The molecule has 1 aliphatic rings. The van der Waals surface area contributed by atoms with E-state index in [4.69, 9.17) is 16.3 Å². The Balaban J connectivity index is 1.91. The van der Waals surface area contributed by atoms with E-state index >= 15 is 0 Å². The monoisotopic (exact) mass is 346 g/mol. The first kappa shape index (κ1) is 17.9. The van der Waals surface area contributed by atoms with Gasteiger partial charge >= 0.3 is 0 Å². The lowest BCUT2D eigenvalue weighted by atomic mass is 10.1. The van der Waals surface area contributed by atoms with Crippen molar-refractivity contribution in [1.29, 1.82) is 0 Å². The fraction of sp³-hybridized carbons (Fsp3) is 0.562. The molecule has 1 aromatic carbocycles. The molecule has 2 rings (SSSR count). The molecule has 0 saturated heterocycles. The van der Waals surface area contributed by atoms with Gasteiger partial charge in [0.2, 0.25) is 11.8 Å². The molecule has 1 fully saturated rings. The largest absolute Gasteiger partial charge is 0.491 e. The third-order valence-corrected chi connectivity index (χ3v) is 4.07. The van der Waals surface area contributed by atoms with Crippen LogP contribution >= 0.6 is 11.6 Å². The predicted molar refractivity (Wildman–Crippen MR) is 86.4 cm³/mol. The first-order chi connectivity index (χ1) is 10.8. The summed E-state index contributed by atoms with van der Waals surface area (Å²) in [5.41, 5.74) is 0.482. The molecule has 0 aliphatic heterocycles. The van der Waals surface area contributed by atoms with Gasteiger partial charge in [-0.2, -0.15) is 0 Å². The number of ether oxygens (including phenoxy) is 1. The Labute approximate surface area is 139 Å². The van der Waals surface area contributed by atoms with E-state index in [0.717, 1.165) is 6.54 Å². The highest BCUT2D eigenvalue weighted by atomic mass is 35.5. The Bertz CT molecular complexity index is 567. The second kappa shape index (κ2) is 7.45. The van der Waals surface area contributed by atoms with Gasteiger partial charge in [-0.3, -0.25) is 4.79 Å². The predicted octanol–water partition coefficient (Wildman–Crippen LogP) is 3.65. The smallest absolute Gasteiger partial charge is 0.248 e. The molecule has 7 heteroatoms. The Kier molecular flexibility index (Phi) is 5.81. The fourth-order valence-corrected chi connectivity index (χ4v) is 2.69. The second-order valence-corrected chi connectivity index (χ2v) is 6.49. The molecule has 4 nitrogen and oxygen atoms in total. The zero-order chi connectivity index (χ0) is 17.0. The minimum atomic E-state index is -2.73. The van der Waals surface area contributed by atoms with Gasteiger partial charge in [0.1, 0.15) is 12.4 Å². The maximum atomic E-state index is 13.2. The van der Waals surface area contributed by atoms with Crippen molar-refractivity contribution in [3.05, 3.63) is 23.2 Å². The number of hydrogen-bond donors (Lipinski definition) is 1. The summed E-state index contributed by atoms with van der Waals surface area (Å²) >= 11 is 6.12. The molecule has 0 spiro atoms. The third-order valence-electron chi connectivity index (χ3n) is 3.77. The van der Waals surface area contributed by atoms with Crippen LogP contribution in [0.3, 0.4) is 0 Å². The first-order valence-electron chi connectivity index (χ1n) is 7.52. The fourth-order valence-electron chi connectivity index (χ4n) is 2.45. The van der Waals surface area contributed by atoms with Crippen molar-refractivity contribution in [2.45, 2.75) is 25.2 Å². The van der Waals surface area contributed by atoms with Crippen molar-refractivity contribution in [2.75, 3.05) is 32.6 Å². The summed E-state index contributed by atoms with van der Waals surface area (Å²) in [4.78, 5) is 14.0. The standard InChI is InChI=1S/C16H21ClF2N2O2/c1-21(2)7-8-23-14-4-3-12(9-13(14)17)20-15(22)11-5-6-16(18,19)10-11/h3-4,9,11H,5-8,10H2,1-2H3,(H,20,22)/t11-/m0/s1. The number of benzene rings is 1. The van der Waals surface area contributed by atoms with Crippen LogP contribution in [0.4, 0.5) is 14.5 Å². The number of amides is 1. The molecule has 128 valence electrons. The lowest BCUT2D eigenvalue weighted by molar-refractivity contribution is -0.120. The van der Waals surface area contributed by atoms with E-state index in [9.17, 15) is 13.6 Å². The van der Waals surface area contributed by atoms with Crippen molar-refractivity contribution in [3.63, 3.8) is 0 Å². The number of anilines is 1. The number of halogens is 3. The van der Waals surface area contributed by atoms with E-state index in [2.05, 4.69) is 5.32 Å². The van der Waals surface area contributed by atoms with Gasteiger partial charge < -0.3 is 15.0 Å². The minimum Gasteiger partial charge on any atom is -0.491 e. The Morgan fingerprint density at radius 2 is 2.22 bits per heavy atom. The van der Waals surface area contributed by atoms with E-state index in [1.165, 1.54) is 0 Å². The molecule has 0 radical (unpaired) electrons. The van der Waals surface area contributed by atoms with E-state index < -0.39 is 18.3 Å². The van der Waals surface area contributed by atoms with Gasteiger partial charge in [0.25, 0.3) is 0 Å². The van der Waals surface area contributed by atoms with Crippen molar-refractivity contribution < 1.29 is 18.3 Å². The van der Waals surface area contributed by atoms with Crippen LogP contribution in [0, 0.1) is 5.92 Å². The molecular weight excluding hydrogens is 326 g/mol. The summed E-state index contributed by atoms with van der Waals surface area (Å²) in [5, 5.41) is 3.02. The number of carbonyl (C=O) groups excluding carboxylic acids is 1. The average molecular weight is 347 g/mol. The highest BCUT2D eigenvalue weighted by molar-refractivity contribution is 6.32. The maximum absolute atomic E-state index is 13.2. The van der Waals surface area contributed by atoms with Crippen LogP contribution in [0.5, 0.6) is 5.75 Å². The number of hydrogen-bond acceptors (Lipinski definition) is 3. The molecule has 1 saturated carbocycles. The number of nitrogens with zero attached hydrogens (tertiary/aromatic N) is 1.